The first kappa shape index (κ1) is 10.9. The highest BCUT2D eigenvalue weighted by molar-refractivity contribution is 7.80. The van der Waals surface area contributed by atoms with Crippen molar-refractivity contribution >= 4 is 17.3 Å². The highest BCUT2D eigenvalue weighted by Gasteiger charge is 1.79. The van der Waals surface area contributed by atoms with Crippen LogP contribution in [-0.2, 0) is 6.42 Å². The van der Waals surface area contributed by atoms with Gasteiger partial charge in [-0.25, -0.2) is 0 Å². The maximum atomic E-state index is 4.62. The molecule has 0 fully saturated rings. The molecule has 4 N–H and O–H groups in total. The summed E-state index contributed by atoms with van der Waals surface area (Å²) in [4.78, 5) is 0. The van der Waals surface area contributed by atoms with Gasteiger partial charge >= 0.3 is 0 Å². The summed E-state index contributed by atoms with van der Waals surface area (Å²) in [5.74, 6) is 0. The second-order valence-electron chi connectivity index (χ2n) is 2.24. The van der Waals surface area contributed by atoms with Gasteiger partial charge in [-0.05, 0) is 24.2 Å². The van der Waals surface area contributed by atoms with Crippen LogP contribution in [0, 0.1) is 0 Å². The molecule has 3 heteroatoms. The summed E-state index contributed by atoms with van der Waals surface area (Å²) in [6.07, 6.45) is 1.14. The van der Waals surface area contributed by atoms with E-state index < -0.39 is 0 Å². The van der Waals surface area contributed by atoms with Gasteiger partial charge in [0, 0.05) is 0 Å². The van der Waals surface area contributed by atoms with E-state index in [0.717, 1.165) is 6.42 Å². The Morgan fingerprint density at radius 1 is 1.25 bits per heavy atom. The average molecular weight is 182 g/mol. The lowest BCUT2D eigenvalue weighted by atomic mass is 10.2. The fourth-order valence-corrected chi connectivity index (χ4v) is 0.714. The van der Waals surface area contributed by atoms with Crippen LogP contribution < -0.4 is 11.5 Å². The zero-order valence-corrected chi connectivity index (χ0v) is 7.97. The molecule has 0 heterocycles. The van der Waals surface area contributed by atoms with Gasteiger partial charge in [0.15, 0.2) is 5.11 Å². The number of hydrogen-bond donors (Lipinski definition) is 2. The average Bonchev–Trinajstić information content (AvgIpc) is 2.05. The van der Waals surface area contributed by atoms with Crippen molar-refractivity contribution in [3.05, 3.63) is 35.9 Å². The van der Waals surface area contributed by atoms with Crippen molar-refractivity contribution in [1.29, 1.82) is 0 Å². The van der Waals surface area contributed by atoms with Gasteiger partial charge in [-0.2, -0.15) is 0 Å². The van der Waals surface area contributed by atoms with Crippen molar-refractivity contribution in [2.75, 3.05) is 0 Å². The Morgan fingerprint density at radius 2 is 1.67 bits per heavy atom. The largest absolute Gasteiger partial charge is 0.377 e. The van der Waals surface area contributed by atoms with Crippen molar-refractivity contribution in [2.24, 2.45) is 11.5 Å². The van der Waals surface area contributed by atoms with Crippen molar-refractivity contribution in [1.82, 2.24) is 0 Å². The Bertz CT molecular complexity index is 217. The number of hydrogen-bond acceptors (Lipinski definition) is 1. The van der Waals surface area contributed by atoms with E-state index in [0.29, 0.717) is 0 Å². The molecule has 0 saturated heterocycles. The van der Waals surface area contributed by atoms with E-state index in [2.05, 4.69) is 54.9 Å². The van der Waals surface area contributed by atoms with Gasteiger partial charge in [0.2, 0.25) is 0 Å². The first-order chi connectivity index (χ1) is 5.66. The number of thiocarbonyl (C=S) groups is 1. The third kappa shape index (κ3) is 7.02. The molecule has 66 valence electrons. The number of aryl methyl sites for hydroxylation is 1. The Kier molecular flexibility index (Phi) is 6.01. The lowest BCUT2D eigenvalue weighted by molar-refractivity contribution is 1.14. The van der Waals surface area contributed by atoms with Crippen molar-refractivity contribution in [3.8, 4) is 0 Å². The molecule has 0 amide bonds. The minimum Gasteiger partial charge on any atom is -0.377 e. The van der Waals surface area contributed by atoms with E-state index in [-0.39, 0.29) is 5.11 Å². The zero-order valence-electron chi connectivity index (χ0n) is 7.16. The van der Waals surface area contributed by atoms with Crippen LogP contribution in [-0.4, -0.2) is 5.11 Å². The van der Waals surface area contributed by atoms with Gasteiger partial charge < -0.3 is 11.5 Å². The summed E-state index contributed by atoms with van der Waals surface area (Å²) in [6, 6.07) is 10.5. The van der Waals surface area contributed by atoms with Gasteiger partial charge in [0.25, 0.3) is 0 Å². The summed E-state index contributed by atoms with van der Waals surface area (Å²) in [7, 11) is 0. The normalized spacial score (nSPS) is 8.08. The molecule has 0 atom stereocenters. The Hall–Kier alpha value is -1.09. The molecule has 0 radical (unpaired) electrons. The molecule has 0 spiro atoms. The molecule has 1 aromatic carbocycles. The molecular formula is C9H14N2S. The van der Waals surface area contributed by atoms with E-state index in [4.69, 9.17) is 0 Å². The first-order valence-electron chi connectivity index (χ1n) is 3.75. The van der Waals surface area contributed by atoms with Crippen molar-refractivity contribution in [3.63, 3.8) is 0 Å². The van der Waals surface area contributed by atoms with E-state index in [1.165, 1.54) is 5.56 Å². The maximum Gasteiger partial charge on any atom is 0.160 e. The minimum atomic E-state index is 0.000000000000000222. The molecule has 1 rings (SSSR count). The maximum absolute atomic E-state index is 4.62. The fraction of sp³-hybridized carbons (Fsp3) is 0.222. The van der Waals surface area contributed by atoms with Crippen LogP contribution in [0.15, 0.2) is 30.3 Å². The van der Waals surface area contributed by atoms with Crippen LogP contribution in [0.3, 0.4) is 0 Å². The number of rotatable bonds is 1. The van der Waals surface area contributed by atoms with Crippen LogP contribution in [0.25, 0.3) is 0 Å². The molecule has 0 aliphatic rings. The third-order valence-corrected chi connectivity index (χ3v) is 1.25. The van der Waals surface area contributed by atoms with Crippen molar-refractivity contribution in [2.45, 2.75) is 13.3 Å². The lowest BCUT2D eigenvalue weighted by Crippen LogP contribution is -2.18. The number of nitrogens with two attached hydrogens (primary N) is 2. The number of benzene rings is 1. The third-order valence-electron chi connectivity index (χ3n) is 1.25. The van der Waals surface area contributed by atoms with Crippen molar-refractivity contribution < 1.29 is 0 Å². The molecule has 2 nitrogen and oxygen atoms in total. The van der Waals surface area contributed by atoms with E-state index >= 15 is 0 Å². The summed E-state index contributed by atoms with van der Waals surface area (Å²) < 4.78 is 0. The second-order valence-corrected chi connectivity index (χ2v) is 2.71. The molecule has 0 unspecified atom stereocenters. The van der Waals surface area contributed by atoms with Crippen LogP contribution in [0.4, 0.5) is 0 Å². The van der Waals surface area contributed by atoms with Crippen LogP contribution in [0.1, 0.15) is 12.5 Å². The predicted molar refractivity (Wildman–Crippen MR) is 56.8 cm³/mol. The molecule has 0 bridgehead atoms. The van der Waals surface area contributed by atoms with Gasteiger partial charge in [-0.3, -0.25) is 0 Å². The van der Waals surface area contributed by atoms with Crippen LogP contribution >= 0.6 is 12.2 Å². The quantitative estimate of drug-likeness (QED) is 0.646. The molecule has 12 heavy (non-hydrogen) atoms. The molecule has 0 aliphatic carbocycles. The SMILES string of the molecule is CCc1ccccc1.NC(N)=S. The van der Waals surface area contributed by atoms with Gasteiger partial charge in [-0.1, -0.05) is 37.3 Å². The van der Waals surface area contributed by atoms with E-state index in [1.54, 1.807) is 0 Å². The van der Waals surface area contributed by atoms with Gasteiger partial charge in [0.1, 0.15) is 0 Å². The Labute approximate surface area is 78.6 Å². The standard InChI is InChI=1S/C8H10.CH4N2S/c1-2-8-6-4-3-5-7-8;2-1(3)4/h3-7H,2H2,1H3;(H4,2,3,4). The van der Waals surface area contributed by atoms with Crippen LogP contribution in [0.2, 0.25) is 0 Å². The Balaban J connectivity index is 0.000000261. The van der Waals surface area contributed by atoms with E-state index in [1.807, 2.05) is 6.07 Å². The predicted octanol–water partition coefficient (Wildman–Crippen LogP) is 1.44. The molecular weight excluding hydrogens is 168 g/mol. The topological polar surface area (TPSA) is 52.0 Å². The second kappa shape index (κ2) is 6.61. The lowest BCUT2D eigenvalue weighted by Gasteiger charge is -1.89. The molecule has 0 aromatic heterocycles. The molecule has 0 aliphatic heterocycles. The van der Waals surface area contributed by atoms with Crippen LogP contribution in [0.5, 0.6) is 0 Å². The zero-order chi connectivity index (χ0) is 9.40. The molecule has 1 aromatic rings. The fourth-order valence-electron chi connectivity index (χ4n) is 0.714. The monoisotopic (exact) mass is 182 g/mol. The van der Waals surface area contributed by atoms with Gasteiger partial charge in [0.05, 0.1) is 0 Å². The van der Waals surface area contributed by atoms with Gasteiger partial charge in [-0.15, -0.1) is 0 Å². The summed E-state index contributed by atoms with van der Waals surface area (Å²) in [5.41, 5.74) is 10.7. The highest BCUT2D eigenvalue weighted by atomic mass is 32.1. The van der Waals surface area contributed by atoms with E-state index in [9.17, 15) is 0 Å². The first-order valence-corrected chi connectivity index (χ1v) is 4.16. The smallest absolute Gasteiger partial charge is 0.160 e. The minimum absolute atomic E-state index is 0.000000000000000222. The highest BCUT2D eigenvalue weighted by Crippen LogP contribution is 1.96. The Morgan fingerprint density at radius 3 is 1.92 bits per heavy atom. The summed E-state index contributed by atoms with van der Waals surface area (Å²) >= 11 is 4.09. The summed E-state index contributed by atoms with van der Waals surface area (Å²) in [5, 5.41) is 0.000000000000000222. The summed E-state index contributed by atoms with van der Waals surface area (Å²) in [6.45, 7) is 2.16. The molecule has 0 saturated carbocycles.